The van der Waals surface area contributed by atoms with Gasteiger partial charge in [0.1, 0.15) is 6.10 Å². The van der Waals surface area contributed by atoms with Crippen LogP contribution in [0.5, 0.6) is 0 Å². The van der Waals surface area contributed by atoms with E-state index < -0.39 is 0 Å². The number of methoxy groups -OCH3 is 1. The predicted molar refractivity (Wildman–Crippen MR) is 50.5 cm³/mol. The molecule has 0 spiro atoms. The Balaban J connectivity index is 0. The van der Waals surface area contributed by atoms with Crippen LogP contribution in [0, 0.1) is 0 Å². The van der Waals surface area contributed by atoms with Crippen molar-refractivity contribution in [2.75, 3.05) is 13.7 Å². The number of rotatable bonds is 3. The molecule has 0 amide bonds. The molecule has 1 N–H and O–H groups in total. The molecule has 0 aliphatic carbocycles. The summed E-state index contributed by atoms with van der Waals surface area (Å²) in [7, 11) is 1.57. The summed E-state index contributed by atoms with van der Waals surface area (Å²) >= 11 is 0. The Kier molecular flexibility index (Phi) is 10.9. The minimum absolute atomic E-state index is 0.132. The van der Waals surface area contributed by atoms with E-state index in [1.54, 1.807) is 27.9 Å². The fraction of sp³-hybridized carbons (Fsp3) is 0.889. The van der Waals surface area contributed by atoms with Crippen LogP contribution in [0.15, 0.2) is 0 Å². The highest BCUT2D eigenvalue weighted by atomic mass is 16.6. The third-order valence-electron chi connectivity index (χ3n) is 0.769. The molecule has 0 saturated heterocycles. The monoisotopic (exact) mass is 192 g/mol. The molecule has 1 atom stereocenters. The Bertz CT molecular complexity index is 120. The van der Waals surface area contributed by atoms with Gasteiger partial charge in [-0.15, -0.1) is 0 Å². The van der Waals surface area contributed by atoms with E-state index in [-0.39, 0.29) is 18.2 Å². The number of aliphatic hydroxyl groups excluding tert-OH is 1. The second-order valence-electron chi connectivity index (χ2n) is 2.97. The molecule has 0 aliphatic rings. The first-order valence-electron chi connectivity index (χ1n) is 4.24. The first-order chi connectivity index (χ1) is 5.90. The standard InChI is InChI=1S/C6H12O3.C3H8O/c1-5(4-8-3)9-6(2)7;1-3(2)4/h5H,4H2,1-3H3;3-4H,1-2H3. The van der Waals surface area contributed by atoms with Gasteiger partial charge < -0.3 is 14.6 Å². The molecule has 4 heteroatoms. The van der Waals surface area contributed by atoms with Crippen molar-refractivity contribution in [2.45, 2.75) is 39.9 Å². The summed E-state index contributed by atoms with van der Waals surface area (Å²) in [5, 5.41) is 8.06. The van der Waals surface area contributed by atoms with Crippen molar-refractivity contribution in [1.29, 1.82) is 0 Å². The summed E-state index contributed by atoms with van der Waals surface area (Å²) in [6, 6.07) is 0. The third kappa shape index (κ3) is 24.6. The van der Waals surface area contributed by atoms with Gasteiger partial charge in [0.25, 0.3) is 0 Å². The van der Waals surface area contributed by atoms with Crippen LogP contribution < -0.4 is 0 Å². The number of esters is 1. The van der Waals surface area contributed by atoms with Crippen molar-refractivity contribution >= 4 is 5.97 Å². The van der Waals surface area contributed by atoms with Gasteiger partial charge in [0.05, 0.1) is 6.61 Å². The van der Waals surface area contributed by atoms with Crippen molar-refractivity contribution < 1.29 is 19.4 Å². The van der Waals surface area contributed by atoms with Gasteiger partial charge in [0.15, 0.2) is 0 Å². The van der Waals surface area contributed by atoms with E-state index in [1.807, 2.05) is 0 Å². The van der Waals surface area contributed by atoms with Gasteiger partial charge >= 0.3 is 5.97 Å². The minimum Gasteiger partial charge on any atom is -0.460 e. The van der Waals surface area contributed by atoms with E-state index in [9.17, 15) is 4.79 Å². The fourth-order valence-corrected chi connectivity index (χ4v) is 0.552. The Morgan fingerprint density at radius 1 is 1.38 bits per heavy atom. The van der Waals surface area contributed by atoms with Crippen LogP contribution in [0.25, 0.3) is 0 Å². The summed E-state index contributed by atoms with van der Waals surface area (Å²) in [5.74, 6) is -0.264. The van der Waals surface area contributed by atoms with E-state index in [4.69, 9.17) is 14.6 Å². The van der Waals surface area contributed by atoms with Crippen LogP contribution in [0.4, 0.5) is 0 Å². The molecule has 0 aliphatic heterocycles. The summed E-state index contributed by atoms with van der Waals surface area (Å²) in [5.41, 5.74) is 0. The van der Waals surface area contributed by atoms with Gasteiger partial charge in [-0.2, -0.15) is 0 Å². The Hall–Kier alpha value is -0.610. The molecule has 0 fully saturated rings. The highest BCUT2D eigenvalue weighted by Crippen LogP contribution is 1.90. The second-order valence-corrected chi connectivity index (χ2v) is 2.97. The number of hydrogen-bond donors (Lipinski definition) is 1. The summed E-state index contributed by atoms with van der Waals surface area (Å²) in [6.07, 6.45) is -0.299. The largest absolute Gasteiger partial charge is 0.460 e. The average Bonchev–Trinajstić information content (AvgIpc) is 1.83. The molecule has 0 aromatic heterocycles. The molecule has 4 nitrogen and oxygen atoms in total. The lowest BCUT2D eigenvalue weighted by atomic mass is 10.4. The summed E-state index contributed by atoms with van der Waals surface area (Å²) < 4.78 is 9.45. The van der Waals surface area contributed by atoms with Crippen molar-refractivity contribution in [3.63, 3.8) is 0 Å². The molecule has 0 bridgehead atoms. The minimum atomic E-state index is -0.264. The Morgan fingerprint density at radius 2 is 1.77 bits per heavy atom. The van der Waals surface area contributed by atoms with Crippen molar-refractivity contribution in [3.8, 4) is 0 Å². The average molecular weight is 192 g/mol. The zero-order valence-electron chi connectivity index (χ0n) is 9.03. The first-order valence-corrected chi connectivity index (χ1v) is 4.24. The third-order valence-corrected chi connectivity index (χ3v) is 0.769. The van der Waals surface area contributed by atoms with Gasteiger partial charge in [-0.3, -0.25) is 4.79 Å². The number of carbonyl (C=O) groups is 1. The highest BCUT2D eigenvalue weighted by molar-refractivity contribution is 5.66. The van der Waals surface area contributed by atoms with Crippen LogP contribution in [0.3, 0.4) is 0 Å². The topological polar surface area (TPSA) is 55.8 Å². The molecule has 1 unspecified atom stereocenters. The van der Waals surface area contributed by atoms with Gasteiger partial charge in [0, 0.05) is 20.1 Å². The first kappa shape index (κ1) is 14.9. The lowest BCUT2D eigenvalue weighted by Crippen LogP contribution is -2.17. The highest BCUT2D eigenvalue weighted by Gasteiger charge is 2.02. The van der Waals surface area contributed by atoms with E-state index >= 15 is 0 Å². The maximum Gasteiger partial charge on any atom is 0.302 e. The molecule has 0 aromatic carbocycles. The van der Waals surface area contributed by atoms with Gasteiger partial charge in [-0.25, -0.2) is 0 Å². The van der Waals surface area contributed by atoms with E-state index in [0.717, 1.165) is 0 Å². The summed E-state index contributed by atoms with van der Waals surface area (Å²) in [4.78, 5) is 10.3. The van der Waals surface area contributed by atoms with Gasteiger partial charge in [-0.1, -0.05) is 0 Å². The molecule has 0 aromatic rings. The normalized spacial score (nSPS) is 11.6. The Labute approximate surface area is 79.8 Å². The van der Waals surface area contributed by atoms with Gasteiger partial charge in [-0.05, 0) is 20.8 Å². The lowest BCUT2D eigenvalue weighted by molar-refractivity contribution is -0.147. The second kappa shape index (κ2) is 9.48. The smallest absolute Gasteiger partial charge is 0.302 e. The number of aliphatic hydroxyl groups is 1. The van der Waals surface area contributed by atoms with Crippen molar-refractivity contribution in [1.82, 2.24) is 0 Å². The zero-order chi connectivity index (χ0) is 10.9. The molecular formula is C9H20O4. The SMILES string of the molecule is CC(C)O.COCC(C)OC(C)=O. The van der Waals surface area contributed by atoms with E-state index in [2.05, 4.69) is 0 Å². The molecule has 80 valence electrons. The van der Waals surface area contributed by atoms with Crippen LogP contribution in [-0.4, -0.2) is 37.0 Å². The van der Waals surface area contributed by atoms with E-state index in [1.165, 1.54) is 6.92 Å². The number of ether oxygens (including phenoxy) is 2. The maximum absolute atomic E-state index is 10.3. The predicted octanol–water partition coefficient (Wildman–Crippen LogP) is 0.971. The lowest BCUT2D eigenvalue weighted by Gasteiger charge is -2.08. The van der Waals surface area contributed by atoms with Crippen molar-refractivity contribution in [3.05, 3.63) is 0 Å². The van der Waals surface area contributed by atoms with Crippen LogP contribution in [-0.2, 0) is 14.3 Å². The van der Waals surface area contributed by atoms with Crippen LogP contribution in [0.2, 0.25) is 0 Å². The number of hydrogen-bond acceptors (Lipinski definition) is 4. The maximum atomic E-state index is 10.3. The molecular weight excluding hydrogens is 172 g/mol. The number of carbonyl (C=O) groups excluding carboxylic acids is 1. The molecule has 0 radical (unpaired) electrons. The molecule has 0 rings (SSSR count). The Morgan fingerprint density at radius 3 is 2.00 bits per heavy atom. The molecule has 0 saturated carbocycles. The fourth-order valence-electron chi connectivity index (χ4n) is 0.552. The van der Waals surface area contributed by atoms with Crippen LogP contribution >= 0.6 is 0 Å². The molecule has 0 heterocycles. The van der Waals surface area contributed by atoms with E-state index in [0.29, 0.717) is 6.61 Å². The van der Waals surface area contributed by atoms with Crippen molar-refractivity contribution in [2.24, 2.45) is 0 Å². The molecule has 13 heavy (non-hydrogen) atoms. The van der Waals surface area contributed by atoms with Gasteiger partial charge in [0.2, 0.25) is 0 Å². The van der Waals surface area contributed by atoms with Crippen LogP contribution in [0.1, 0.15) is 27.7 Å². The summed E-state index contributed by atoms with van der Waals surface area (Å²) in [6.45, 7) is 7.07. The zero-order valence-corrected chi connectivity index (χ0v) is 9.03. The quantitative estimate of drug-likeness (QED) is 0.677.